The highest BCUT2D eigenvalue weighted by Gasteiger charge is 2.13. The third-order valence-corrected chi connectivity index (χ3v) is 3.88. The van der Waals surface area contributed by atoms with Gasteiger partial charge in [-0.2, -0.15) is 5.10 Å². The van der Waals surface area contributed by atoms with Crippen LogP contribution < -0.4 is 10.2 Å². The van der Waals surface area contributed by atoms with Crippen LogP contribution in [0.4, 0.5) is 5.69 Å². The molecule has 2 aromatic rings. The number of nitrogens with zero attached hydrogens (tertiary/aromatic N) is 2. The van der Waals surface area contributed by atoms with Crippen molar-refractivity contribution < 1.29 is 19.6 Å². The predicted octanol–water partition coefficient (Wildman–Crippen LogP) is 2.68. The van der Waals surface area contributed by atoms with Gasteiger partial charge in [0.05, 0.1) is 21.8 Å². The molecule has 0 fully saturated rings. The van der Waals surface area contributed by atoms with Crippen molar-refractivity contribution in [1.29, 1.82) is 0 Å². The largest absolute Gasteiger partial charge is 0.502 e. The number of methoxy groups -OCH3 is 1. The van der Waals surface area contributed by atoms with E-state index < -0.39 is 22.3 Å². The highest BCUT2D eigenvalue weighted by Crippen LogP contribution is 2.25. The van der Waals surface area contributed by atoms with Crippen molar-refractivity contribution >= 4 is 40.4 Å². The number of hydrogen-bond donors (Lipinski definition) is 2. The third kappa shape index (κ3) is 4.19. The topological polar surface area (TPSA) is 114 Å². The van der Waals surface area contributed by atoms with Gasteiger partial charge in [-0.25, -0.2) is 5.43 Å². The van der Waals surface area contributed by atoms with E-state index in [0.717, 1.165) is 9.64 Å². The number of carbonyl (C=O) groups excluding carboxylic acids is 1. The highest BCUT2D eigenvalue weighted by molar-refractivity contribution is 14.1. The molecule has 0 radical (unpaired) electrons. The molecule has 0 aliphatic heterocycles. The minimum Gasteiger partial charge on any atom is -0.502 e. The van der Waals surface area contributed by atoms with Crippen LogP contribution in [0.2, 0.25) is 0 Å². The zero-order valence-electron chi connectivity index (χ0n) is 12.4. The Balaban J connectivity index is 2.10. The molecule has 0 unspecified atom stereocenters. The lowest BCUT2D eigenvalue weighted by Gasteiger charge is -2.05. The van der Waals surface area contributed by atoms with Crippen LogP contribution in [0.1, 0.15) is 15.9 Å². The molecule has 0 aromatic heterocycles. The molecule has 0 saturated heterocycles. The maximum atomic E-state index is 12.0. The van der Waals surface area contributed by atoms with Crippen LogP contribution in [0.3, 0.4) is 0 Å². The van der Waals surface area contributed by atoms with E-state index >= 15 is 0 Å². The van der Waals surface area contributed by atoms with E-state index in [1.54, 1.807) is 18.2 Å². The molecule has 24 heavy (non-hydrogen) atoms. The van der Waals surface area contributed by atoms with E-state index in [-0.39, 0.29) is 0 Å². The summed E-state index contributed by atoms with van der Waals surface area (Å²) in [7, 11) is 1.51. The Morgan fingerprint density at radius 1 is 1.38 bits per heavy atom. The van der Waals surface area contributed by atoms with E-state index in [0.29, 0.717) is 16.9 Å². The maximum Gasteiger partial charge on any atom is 0.311 e. The van der Waals surface area contributed by atoms with Crippen LogP contribution in [0.15, 0.2) is 41.5 Å². The zero-order chi connectivity index (χ0) is 17.7. The summed E-state index contributed by atoms with van der Waals surface area (Å²) in [6.07, 6.45) is 1.24. The van der Waals surface area contributed by atoms with Crippen molar-refractivity contribution in [2.45, 2.75) is 0 Å². The van der Waals surface area contributed by atoms with Gasteiger partial charge in [0.2, 0.25) is 0 Å². The molecular formula is C15H12IN3O5. The second-order valence-corrected chi connectivity index (χ2v) is 5.72. The second kappa shape index (κ2) is 7.73. The van der Waals surface area contributed by atoms with E-state index in [1.165, 1.54) is 25.5 Å². The molecule has 2 rings (SSSR count). The van der Waals surface area contributed by atoms with Crippen molar-refractivity contribution in [3.05, 3.63) is 61.2 Å². The molecule has 0 spiro atoms. The summed E-state index contributed by atoms with van der Waals surface area (Å²) in [5.74, 6) is -0.317. The molecular weight excluding hydrogens is 429 g/mol. The van der Waals surface area contributed by atoms with Crippen molar-refractivity contribution in [3.63, 3.8) is 0 Å². The lowest BCUT2D eigenvalue weighted by Crippen LogP contribution is -2.17. The second-order valence-electron chi connectivity index (χ2n) is 4.55. The summed E-state index contributed by atoms with van der Waals surface area (Å²) in [5, 5.41) is 23.9. The van der Waals surface area contributed by atoms with Crippen molar-refractivity contribution in [2.24, 2.45) is 5.10 Å². The fraction of sp³-hybridized carbons (Fsp3) is 0.0667. The van der Waals surface area contributed by atoms with E-state index in [2.05, 4.69) is 33.1 Å². The third-order valence-electron chi connectivity index (χ3n) is 2.99. The fourth-order valence-electron chi connectivity index (χ4n) is 1.80. The molecule has 0 heterocycles. The number of benzene rings is 2. The number of rotatable bonds is 5. The molecule has 124 valence electrons. The van der Waals surface area contributed by atoms with Crippen LogP contribution in [0, 0.1) is 13.7 Å². The number of nitrogens with one attached hydrogen (secondary N) is 1. The average Bonchev–Trinajstić information content (AvgIpc) is 2.56. The summed E-state index contributed by atoms with van der Waals surface area (Å²) >= 11 is 2.09. The van der Waals surface area contributed by atoms with Gasteiger partial charge >= 0.3 is 5.69 Å². The van der Waals surface area contributed by atoms with Gasteiger partial charge in [-0.15, -0.1) is 0 Å². The number of amides is 1. The first kappa shape index (κ1) is 17.7. The first-order chi connectivity index (χ1) is 11.4. The van der Waals surface area contributed by atoms with Crippen LogP contribution in [-0.2, 0) is 0 Å². The SMILES string of the molecule is COc1cc(C(=O)N/N=C/c2ccc(O)c([N+](=O)[O-])c2)ccc1I. The van der Waals surface area contributed by atoms with Gasteiger partial charge in [0.25, 0.3) is 5.91 Å². The Morgan fingerprint density at radius 3 is 2.79 bits per heavy atom. The first-order valence-electron chi connectivity index (χ1n) is 6.56. The lowest BCUT2D eigenvalue weighted by molar-refractivity contribution is -0.385. The Bertz CT molecular complexity index is 823. The number of nitro groups is 1. The summed E-state index contributed by atoms with van der Waals surface area (Å²) in [6.45, 7) is 0. The number of hydrazone groups is 1. The molecule has 8 nitrogen and oxygen atoms in total. The van der Waals surface area contributed by atoms with Gasteiger partial charge < -0.3 is 9.84 Å². The summed E-state index contributed by atoms with van der Waals surface area (Å²) in [6, 6.07) is 8.72. The number of halogens is 1. The normalized spacial score (nSPS) is 10.6. The van der Waals surface area contributed by atoms with Gasteiger partial charge in [0.1, 0.15) is 5.75 Å². The number of aromatic hydroxyl groups is 1. The summed E-state index contributed by atoms with van der Waals surface area (Å²) in [4.78, 5) is 22.1. The summed E-state index contributed by atoms with van der Waals surface area (Å²) < 4.78 is 6.01. The van der Waals surface area contributed by atoms with Crippen LogP contribution in [0.25, 0.3) is 0 Å². The van der Waals surface area contributed by atoms with Gasteiger partial charge in [-0.1, -0.05) is 0 Å². The van der Waals surface area contributed by atoms with E-state index in [4.69, 9.17) is 4.74 Å². The standard InChI is InChI=1S/C15H12IN3O5/c1-24-14-7-10(3-4-11(14)16)15(21)18-17-8-9-2-5-13(20)12(6-9)19(22)23/h2-8,20H,1H3,(H,18,21)/b17-8+. The summed E-state index contributed by atoms with van der Waals surface area (Å²) in [5.41, 5.74) is 2.61. The predicted molar refractivity (Wildman–Crippen MR) is 95.5 cm³/mol. The molecule has 1 amide bonds. The Labute approximate surface area is 150 Å². The van der Waals surface area contributed by atoms with Crippen LogP contribution in [-0.4, -0.2) is 29.3 Å². The van der Waals surface area contributed by atoms with Gasteiger partial charge in [0.15, 0.2) is 5.75 Å². The van der Waals surface area contributed by atoms with Crippen LogP contribution in [0.5, 0.6) is 11.5 Å². The number of phenolic OH excluding ortho intramolecular Hbond substituents is 1. The maximum absolute atomic E-state index is 12.0. The number of carbonyl (C=O) groups is 1. The highest BCUT2D eigenvalue weighted by atomic mass is 127. The van der Waals surface area contributed by atoms with Gasteiger partial charge in [0, 0.05) is 17.2 Å². The average molecular weight is 441 g/mol. The van der Waals surface area contributed by atoms with Crippen molar-refractivity contribution in [2.75, 3.05) is 7.11 Å². The molecule has 0 aliphatic carbocycles. The molecule has 9 heteroatoms. The van der Waals surface area contributed by atoms with Crippen molar-refractivity contribution in [1.82, 2.24) is 5.43 Å². The smallest absolute Gasteiger partial charge is 0.311 e. The lowest BCUT2D eigenvalue weighted by atomic mass is 10.2. The van der Waals surface area contributed by atoms with Crippen molar-refractivity contribution in [3.8, 4) is 11.5 Å². The number of hydrogen-bond acceptors (Lipinski definition) is 6. The molecule has 0 atom stereocenters. The molecule has 2 aromatic carbocycles. The molecule has 0 bridgehead atoms. The van der Waals surface area contributed by atoms with Gasteiger partial charge in [-0.3, -0.25) is 14.9 Å². The Hall–Kier alpha value is -2.69. The molecule has 2 N–H and O–H groups in total. The van der Waals surface area contributed by atoms with E-state index in [9.17, 15) is 20.0 Å². The van der Waals surface area contributed by atoms with E-state index in [1.807, 2.05) is 0 Å². The quantitative estimate of drug-likeness (QED) is 0.321. The number of phenols is 1. The molecule has 0 saturated carbocycles. The minimum atomic E-state index is -0.705. The van der Waals surface area contributed by atoms with Gasteiger partial charge in [-0.05, 0) is 52.9 Å². The zero-order valence-corrected chi connectivity index (χ0v) is 14.6. The first-order valence-corrected chi connectivity index (χ1v) is 7.64. The fourth-order valence-corrected chi connectivity index (χ4v) is 2.35. The Kier molecular flexibility index (Phi) is 5.68. The number of ether oxygens (including phenoxy) is 1. The minimum absolute atomic E-state index is 0.361. The van der Waals surface area contributed by atoms with Crippen LogP contribution >= 0.6 is 22.6 Å². The Morgan fingerprint density at radius 2 is 2.12 bits per heavy atom. The number of nitro benzene ring substituents is 1. The monoisotopic (exact) mass is 441 g/mol. The molecule has 0 aliphatic rings.